The molecule has 2 aromatic rings. The number of methoxy groups -OCH3 is 1. The second-order valence-electron chi connectivity index (χ2n) is 4.56. The number of halogens is 1. The molecule has 0 N–H and O–H groups in total. The van der Waals surface area contributed by atoms with E-state index < -0.39 is 0 Å². The van der Waals surface area contributed by atoms with Gasteiger partial charge in [0.1, 0.15) is 5.75 Å². The van der Waals surface area contributed by atoms with E-state index in [1.54, 1.807) is 36.4 Å². The third-order valence-corrected chi connectivity index (χ3v) is 3.63. The second kappa shape index (κ2) is 7.18. The van der Waals surface area contributed by atoms with Crippen molar-refractivity contribution in [1.82, 2.24) is 0 Å². The maximum Gasteiger partial charge on any atom is 0.167 e. The van der Waals surface area contributed by atoms with Crippen LogP contribution in [0, 0.1) is 0 Å². The Kier molecular flexibility index (Phi) is 5.28. The molecule has 0 aliphatic carbocycles. The van der Waals surface area contributed by atoms with Crippen LogP contribution in [0.15, 0.2) is 53.0 Å². The predicted molar refractivity (Wildman–Crippen MR) is 85.0 cm³/mol. The summed E-state index contributed by atoms with van der Waals surface area (Å²) >= 11 is 3.33. The third kappa shape index (κ3) is 4.02. The average molecular weight is 347 g/mol. The highest BCUT2D eigenvalue weighted by Gasteiger charge is 2.14. The standard InChI is InChI=1S/C17H15BrO3/c1-21-17-8-3-2-7-14(17)16(20)10-9-15(19)12-5-4-6-13(18)11-12/h2-8,11H,9-10H2,1H3. The predicted octanol–water partition coefficient (Wildman–Crippen LogP) is 4.30. The first-order valence-corrected chi connectivity index (χ1v) is 7.36. The highest BCUT2D eigenvalue weighted by Crippen LogP contribution is 2.20. The molecule has 0 saturated heterocycles. The average Bonchev–Trinajstić information content (AvgIpc) is 2.52. The lowest BCUT2D eigenvalue weighted by atomic mass is 10.0. The van der Waals surface area contributed by atoms with E-state index in [1.165, 1.54) is 7.11 Å². The van der Waals surface area contributed by atoms with Gasteiger partial charge in [0.25, 0.3) is 0 Å². The van der Waals surface area contributed by atoms with E-state index in [-0.39, 0.29) is 24.4 Å². The van der Waals surface area contributed by atoms with Gasteiger partial charge < -0.3 is 4.74 Å². The molecule has 0 aromatic heterocycles. The molecule has 4 heteroatoms. The van der Waals surface area contributed by atoms with Gasteiger partial charge in [0, 0.05) is 22.9 Å². The topological polar surface area (TPSA) is 43.4 Å². The summed E-state index contributed by atoms with van der Waals surface area (Å²) in [6.45, 7) is 0. The third-order valence-electron chi connectivity index (χ3n) is 3.13. The minimum Gasteiger partial charge on any atom is -0.496 e. The summed E-state index contributed by atoms with van der Waals surface area (Å²) in [4.78, 5) is 24.3. The van der Waals surface area contributed by atoms with Crippen LogP contribution in [0.5, 0.6) is 5.75 Å². The van der Waals surface area contributed by atoms with Gasteiger partial charge in [-0.3, -0.25) is 9.59 Å². The van der Waals surface area contributed by atoms with Crippen molar-refractivity contribution in [3.63, 3.8) is 0 Å². The zero-order valence-corrected chi connectivity index (χ0v) is 13.2. The Morgan fingerprint density at radius 1 is 1.00 bits per heavy atom. The number of ketones is 2. The molecule has 0 aliphatic rings. The molecule has 0 unspecified atom stereocenters. The van der Waals surface area contributed by atoms with E-state index in [0.717, 1.165) is 4.47 Å². The maximum absolute atomic E-state index is 12.2. The van der Waals surface area contributed by atoms with E-state index in [9.17, 15) is 9.59 Å². The number of Topliss-reactive ketones (excluding diaryl/α,β-unsaturated/α-hetero) is 2. The summed E-state index contributed by atoms with van der Waals surface area (Å²) in [6, 6.07) is 14.2. The maximum atomic E-state index is 12.2. The minimum absolute atomic E-state index is 0.0421. The summed E-state index contributed by atoms with van der Waals surface area (Å²) in [5.74, 6) is 0.410. The molecule has 0 saturated carbocycles. The molecule has 0 amide bonds. The summed E-state index contributed by atoms with van der Waals surface area (Å²) < 4.78 is 6.01. The van der Waals surface area contributed by atoms with Crippen LogP contribution in [0.3, 0.4) is 0 Å². The number of para-hydroxylation sites is 1. The van der Waals surface area contributed by atoms with Crippen molar-refractivity contribution in [3.05, 3.63) is 64.1 Å². The number of carbonyl (C=O) groups excluding carboxylic acids is 2. The Morgan fingerprint density at radius 2 is 1.71 bits per heavy atom. The van der Waals surface area contributed by atoms with Crippen LogP contribution < -0.4 is 4.74 Å². The lowest BCUT2D eigenvalue weighted by molar-refractivity contribution is 0.0916. The minimum atomic E-state index is -0.0872. The fourth-order valence-corrected chi connectivity index (χ4v) is 2.44. The van der Waals surface area contributed by atoms with Gasteiger partial charge in [-0.05, 0) is 24.3 Å². The molecule has 0 radical (unpaired) electrons. The molecular formula is C17H15BrO3. The Morgan fingerprint density at radius 3 is 2.43 bits per heavy atom. The van der Waals surface area contributed by atoms with Crippen molar-refractivity contribution >= 4 is 27.5 Å². The van der Waals surface area contributed by atoms with Gasteiger partial charge in [-0.15, -0.1) is 0 Å². The lowest BCUT2D eigenvalue weighted by Gasteiger charge is -2.07. The molecule has 0 aliphatic heterocycles. The van der Waals surface area contributed by atoms with E-state index in [0.29, 0.717) is 16.9 Å². The van der Waals surface area contributed by atoms with Crippen molar-refractivity contribution in [2.45, 2.75) is 12.8 Å². The fourth-order valence-electron chi connectivity index (χ4n) is 2.04. The highest BCUT2D eigenvalue weighted by molar-refractivity contribution is 9.10. The highest BCUT2D eigenvalue weighted by atomic mass is 79.9. The fraction of sp³-hybridized carbons (Fsp3) is 0.176. The number of rotatable bonds is 6. The van der Waals surface area contributed by atoms with Crippen LogP contribution in [0.2, 0.25) is 0 Å². The number of ether oxygens (including phenoxy) is 1. The van der Waals surface area contributed by atoms with Crippen LogP contribution >= 0.6 is 15.9 Å². The smallest absolute Gasteiger partial charge is 0.167 e. The first-order chi connectivity index (χ1) is 10.1. The van der Waals surface area contributed by atoms with Gasteiger partial charge >= 0.3 is 0 Å². The van der Waals surface area contributed by atoms with E-state index in [1.807, 2.05) is 12.1 Å². The van der Waals surface area contributed by atoms with E-state index in [4.69, 9.17) is 4.74 Å². The van der Waals surface area contributed by atoms with Gasteiger partial charge in [0.2, 0.25) is 0 Å². The lowest BCUT2D eigenvalue weighted by Crippen LogP contribution is -2.06. The van der Waals surface area contributed by atoms with Crippen molar-refractivity contribution in [1.29, 1.82) is 0 Å². The molecular weight excluding hydrogens is 332 g/mol. The first kappa shape index (κ1) is 15.4. The van der Waals surface area contributed by atoms with Crippen LogP contribution in [0.25, 0.3) is 0 Å². The van der Waals surface area contributed by atoms with E-state index >= 15 is 0 Å². The molecule has 108 valence electrons. The van der Waals surface area contributed by atoms with Crippen LogP contribution in [-0.2, 0) is 0 Å². The Labute approximate surface area is 132 Å². The number of benzene rings is 2. The zero-order valence-electron chi connectivity index (χ0n) is 11.6. The molecule has 0 heterocycles. The quantitative estimate of drug-likeness (QED) is 0.732. The summed E-state index contributed by atoms with van der Waals surface area (Å²) in [7, 11) is 1.53. The molecule has 2 rings (SSSR count). The number of hydrogen-bond acceptors (Lipinski definition) is 3. The van der Waals surface area contributed by atoms with Gasteiger partial charge in [-0.25, -0.2) is 0 Å². The Bertz CT molecular complexity index is 665. The van der Waals surface area contributed by atoms with Gasteiger partial charge in [0.05, 0.1) is 12.7 Å². The molecule has 3 nitrogen and oxygen atoms in total. The van der Waals surface area contributed by atoms with Crippen molar-refractivity contribution in [3.8, 4) is 5.75 Å². The van der Waals surface area contributed by atoms with Gasteiger partial charge in [-0.1, -0.05) is 40.2 Å². The van der Waals surface area contributed by atoms with E-state index in [2.05, 4.69) is 15.9 Å². The second-order valence-corrected chi connectivity index (χ2v) is 5.47. The van der Waals surface area contributed by atoms with Crippen LogP contribution in [0.1, 0.15) is 33.6 Å². The summed E-state index contributed by atoms with van der Waals surface area (Å²) in [5, 5.41) is 0. The molecule has 0 fully saturated rings. The molecule has 0 atom stereocenters. The molecule has 2 aromatic carbocycles. The van der Waals surface area contributed by atoms with Crippen LogP contribution in [0.4, 0.5) is 0 Å². The molecule has 21 heavy (non-hydrogen) atoms. The Hall–Kier alpha value is -1.94. The number of hydrogen-bond donors (Lipinski definition) is 0. The van der Waals surface area contributed by atoms with Gasteiger partial charge in [-0.2, -0.15) is 0 Å². The van der Waals surface area contributed by atoms with Gasteiger partial charge in [0.15, 0.2) is 11.6 Å². The van der Waals surface area contributed by atoms with Crippen LogP contribution in [-0.4, -0.2) is 18.7 Å². The Balaban J connectivity index is 2.02. The van der Waals surface area contributed by atoms with Crippen molar-refractivity contribution < 1.29 is 14.3 Å². The largest absolute Gasteiger partial charge is 0.496 e. The normalized spacial score (nSPS) is 10.2. The summed E-state index contributed by atoms with van der Waals surface area (Å²) in [6.07, 6.45) is 0.360. The molecule has 0 spiro atoms. The van der Waals surface area contributed by atoms with Crippen molar-refractivity contribution in [2.75, 3.05) is 7.11 Å². The first-order valence-electron chi connectivity index (χ1n) is 6.57. The monoisotopic (exact) mass is 346 g/mol. The summed E-state index contributed by atoms with van der Waals surface area (Å²) in [5.41, 5.74) is 1.12. The SMILES string of the molecule is COc1ccccc1C(=O)CCC(=O)c1cccc(Br)c1. The zero-order chi connectivity index (χ0) is 15.2. The number of carbonyl (C=O) groups is 2. The van der Waals surface area contributed by atoms with Crippen molar-refractivity contribution in [2.24, 2.45) is 0 Å². The molecule has 0 bridgehead atoms.